The van der Waals surface area contributed by atoms with Crippen molar-refractivity contribution in [1.29, 1.82) is 0 Å². The fraction of sp³-hybridized carbons (Fsp3) is 0.200. The monoisotopic (exact) mass is 395 g/mol. The third kappa shape index (κ3) is 3.36. The molecule has 3 aromatic rings. The third-order valence-corrected chi connectivity index (χ3v) is 4.89. The number of nitrogens with zero attached hydrogens (tertiary/aromatic N) is 3. The van der Waals surface area contributed by atoms with Gasteiger partial charge in [0.05, 0.1) is 24.0 Å². The molecule has 1 radical (unpaired) electrons. The summed E-state index contributed by atoms with van der Waals surface area (Å²) in [7, 11) is 0. The largest absolute Gasteiger partial charge is 0.461 e. The molecule has 0 aliphatic carbocycles. The molecule has 0 fully saturated rings. The molecule has 1 aromatic carbocycles. The predicted octanol–water partition coefficient (Wildman–Crippen LogP) is 2.80. The van der Waals surface area contributed by atoms with Gasteiger partial charge in [0.25, 0.3) is 11.8 Å². The first kappa shape index (κ1) is 18.2. The summed E-state index contributed by atoms with van der Waals surface area (Å²) in [5.41, 5.74) is 7.94. The highest BCUT2D eigenvalue weighted by atomic mass is 35.5. The summed E-state index contributed by atoms with van der Waals surface area (Å²) in [6, 6.07) is 8.94. The number of amides is 2. The minimum Gasteiger partial charge on any atom is -0.461 e. The molecule has 0 unspecified atom stereocenters. The second kappa shape index (κ2) is 7.09. The van der Waals surface area contributed by atoms with Gasteiger partial charge in [0.1, 0.15) is 11.5 Å². The number of aromatic nitrogens is 2. The van der Waals surface area contributed by atoms with Crippen LogP contribution in [0.5, 0.6) is 0 Å². The maximum absolute atomic E-state index is 13.0. The Morgan fingerprint density at radius 3 is 2.75 bits per heavy atom. The maximum Gasteiger partial charge on any atom is 0.286 e. The van der Waals surface area contributed by atoms with Gasteiger partial charge in [-0.25, -0.2) is 9.97 Å². The van der Waals surface area contributed by atoms with E-state index >= 15 is 0 Å². The van der Waals surface area contributed by atoms with Gasteiger partial charge in [-0.2, -0.15) is 0 Å². The number of furan rings is 1. The molecule has 28 heavy (non-hydrogen) atoms. The Balaban J connectivity index is 1.59. The number of primary amides is 1. The van der Waals surface area contributed by atoms with Gasteiger partial charge in [-0.3, -0.25) is 9.59 Å². The second-order valence-electron chi connectivity index (χ2n) is 6.51. The van der Waals surface area contributed by atoms with Crippen molar-refractivity contribution in [3.8, 4) is 11.3 Å². The quantitative estimate of drug-likeness (QED) is 0.734. The summed E-state index contributed by atoms with van der Waals surface area (Å²) in [4.78, 5) is 34.0. The summed E-state index contributed by atoms with van der Waals surface area (Å²) >= 11 is 5.93. The van der Waals surface area contributed by atoms with E-state index in [2.05, 4.69) is 16.2 Å². The van der Waals surface area contributed by atoms with Crippen LogP contribution in [0.15, 0.2) is 34.7 Å². The van der Waals surface area contributed by atoms with Gasteiger partial charge < -0.3 is 15.1 Å². The average Bonchev–Trinajstić information content (AvgIpc) is 3.08. The van der Waals surface area contributed by atoms with Crippen molar-refractivity contribution in [2.45, 2.75) is 19.9 Å². The van der Waals surface area contributed by atoms with Crippen LogP contribution in [0.3, 0.4) is 0 Å². The molecule has 141 valence electrons. The molecule has 1 aliphatic heterocycles. The van der Waals surface area contributed by atoms with Crippen LogP contribution < -0.4 is 5.73 Å². The Bertz CT molecular complexity index is 1080. The van der Waals surface area contributed by atoms with Crippen molar-refractivity contribution < 1.29 is 14.0 Å². The highest BCUT2D eigenvalue weighted by Gasteiger charge is 2.27. The average molecular weight is 396 g/mol. The lowest BCUT2D eigenvalue weighted by molar-refractivity contribution is 0.0729. The van der Waals surface area contributed by atoms with E-state index in [4.69, 9.17) is 21.8 Å². The first-order chi connectivity index (χ1) is 13.4. The number of benzene rings is 1. The molecular formula is C20H16ClN4O3. The molecule has 0 atom stereocenters. The number of hydrogen-bond acceptors (Lipinski definition) is 5. The number of halogens is 1. The number of hydrogen-bond donors (Lipinski definition) is 1. The van der Waals surface area contributed by atoms with Gasteiger partial charge in [0, 0.05) is 22.7 Å². The molecule has 0 bridgehead atoms. The highest BCUT2D eigenvalue weighted by molar-refractivity contribution is 6.30. The van der Waals surface area contributed by atoms with Crippen LogP contribution in [0.25, 0.3) is 11.3 Å². The lowest BCUT2D eigenvalue weighted by Crippen LogP contribution is -2.37. The minimum atomic E-state index is -0.721. The van der Waals surface area contributed by atoms with Crippen molar-refractivity contribution in [3.63, 3.8) is 0 Å². The summed E-state index contributed by atoms with van der Waals surface area (Å²) in [6.45, 7) is 2.52. The molecule has 1 aliphatic rings. The van der Waals surface area contributed by atoms with Crippen LogP contribution >= 0.6 is 11.6 Å². The van der Waals surface area contributed by atoms with E-state index in [1.165, 1.54) is 0 Å². The maximum atomic E-state index is 13.0. The topological polar surface area (TPSA) is 102 Å². The minimum absolute atomic E-state index is 0.0995. The number of carbonyl (C=O) groups is 2. The molecule has 3 heterocycles. The molecule has 8 heteroatoms. The number of nitrogens with two attached hydrogens (primary N) is 1. The zero-order chi connectivity index (χ0) is 19.8. The smallest absolute Gasteiger partial charge is 0.286 e. The Morgan fingerprint density at radius 2 is 2.04 bits per heavy atom. The summed E-state index contributed by atoms with van der Waals surface area (Å²) in [6.07, 6.45) is 3.36. The van der Waals surface area contributed by atoms with Crippen LogP contribution in [0.4, 0.5) is 0 Å². The van der Waals surface area contributed by atoms with Gasteiger partial charge in [0.2, 0.25) is 5.82 Å². The van der Waals surface area contributed by atoms with E-state index in [1.54, 1.807) is 30.0 Å². The molecule has 2 amide bonds. The fourth-order valence-electron chi connectivity index (χ4n) is 3.15. The molecule has 4 rings (SSSR count). The van der Waals surface area contributed by atoms with Crippen molar-refractivity contribution in [2.24, 2.45) is 5.73 Å². The molecule has 0 spiro atoms. The molecule has 2 aromatic heterocycles. The number of rotatable bonds is 3. The predicted molar refractivity (Wildman–Crippen MR) is 102 cm³/mol. The van der Waals surface area contributed by atoms with Gasteiger partial charge in [0.15, 0.2) is 0 Å². The summed E-state index contributed by atoms with van der Waals surface area (Å²) < 4.78 is 5.79. The second-order valence-corrected chi connectivity index (χ2v) is 6.95. The van der Waals surface area contributed by atoms with Gasteiger partial charge in [-0.15, -0.1) is 0 Å². The Hall–Kier alpha value is -3.19. The lowest BCUT2D eigenvalue weighted by Gasteiger charge is -2.27. The normalized spacial score (nSPS) is 13.3. The van der Waals surface area contributed by atoms with Crippen LogP contribution in [0.2, 0.25) is 5.02 Å². The van der Waals surface area contributed by atoms with E-state index in [0.29, 0.717) is 40.8 Å². The molecule has 2 N–H and O–H groups in total. The van der Waals surface area contributed by atoms with Crippen molar-refractivity contribution in [2.75, 3.05) is 6.54 Å². The molecule has 0 saturated heterocycles. The first-order valence-electron chi connectivity index (χ1n) is 8.65. The first-order valence-corrected chi connectivity index (χ1v) is 9.03. The molecular weight excluding hydrogens is 380 g/mol. The van der Waals surface area contributed by atoms with E-state index in [-0.39, 0.29) is 18.3 Å². The summed E-state index contributed by atoms with van der Waals surface area (Å²) in [5.74, 6) is 0.152. The van der Waals surface area contributed by atoms with Crippen LogP contribution in [-0.4, -0.2) is 33.2 Å². The van der Waals surface area contributed by atoms with Crippen LogP contribution in [-0.2, 0) is 13.0 Å². The van der Waals surface area contributed by atoms with Crippen molar-refractivity contribution >= 4 is 23.4 Å². The van der Waals surface area contributed by atoms with Gasteiger partial charge >= 0.3 is 0 Å². The number of carbonyl (C=O) groups excluding carboxylic acids is 2. The zero-order valence-electron chi connectivity index (χ0n) is 15.0. The highest BCUT2D eigenvalue weighted by Crippen LogP contribution is 2.28. The fourth-order valence-corrected chi connectivity index (χ4v) is 3.27. The van der Waals surface area contributed by atoms with Crippen molar-refractivity contribution in [1.82, 2.24) is 14.9 Å². The Labute approximate surface area is 166 Å². The van der Waals surface area contributed by atoms with Crippen LogP contribution in [0, 0.1) is 13.1 Å². The zero-order valence-corrected chi connectivity index (χ0v) is 15.8. The molecule has 0 saturated carbocycles. The van der Waals surface area contributed by atoms with E-state index in [1.807, 2.05) is 12.1 Å². The van der Waals surface area contributed by atoms with E-state index in [9.17, 15) is 9.59 Å². The molecule has 7 nitrogen and oxygen atoms in total. The summed E-state index contributed by atoms with van der Waals surface area (Å²) in [5, 5.41) is 0.629. The van der Waals surface area contributed by atoms with E-state index in [0.717, 1.165) is 11.1 Å². The van der Waals surface area contributed by atoms with E-state index < -0.39 is 5.91 Å². The Morgan fingerprint density at radius 1 is 1.29 bits per heavy atom. The number of aryl methyl sites for hydroxylation is 1. The number of fused-ring (bicyclic) bond motifs is 1. The lowest BCUT2D eigenvalue weighted by atomic mass is 10.1. The van der Waals surface area contributed by atoms with Crippen LogP contribution in [0.1, 0.15) is 38.0 Å². The van der Waals surface area contributed by atoms with Gasteiger partial charge in [-0.05, 0) is 43.7 Å². The standard InChI is InChI=1S/C20H16ClN4O3/c1-11-15(8-17(28-11)12-2-4-14(21)5-3-12)20(27)25-7-6-13-9-23-19(18(22)26)24-16(13)10-25/h2-5,8H,6-7,10H2,1H3,(H2,22,26). The third-order valence-electron chi connectivity index (χ3n) is 4.64. The van der Waals surface area contributed by atoms with Gasteiger partial charge in [-0.1, -0.05) is 11.6 Å². The van der Waals surface area contributed by atoms with Crippen molar-refractivity contribution in [3.05, 3.63) is 70.0 Å². The Kier molecular flexibility index (Phi) is 4.60. The SMILES string of the molecule is Cc1oc(-c2ccc(Cl)cc2)cc1C(=O)N1CCc2[c]nc(C(N)=O)nc2C1.